The fourth-order valence-corrected chi connectivity index (χ4v) is 13.6. The van der Waals surface area contributed by atoms with Crippen molar-refractivity contribution in [1.29, 1.82) is 0 Å². The maximum Gasteiger partial charge on any atom is 0.433 e. The number of phenols is 1. The highest BCUT2D eigenvalue weighted by atomic mass is 32.2. The molecule has 1 spiro atoms. The number of aryl methyl sites for hydroxylation is 1. The van der Waals surface area contributed by atoms with Crippen molar-refractivity contribution in [3.05, 3.63) is 99.6 Å². The van der Waals surface area contributed by atoms with Crippen molar-refractivity contribution in [2.45, 2.75) is 149 Å². The van der Waals surface area contributed by atoms with Gasteiger partial charge in [-0.25, -0.2) is 32.3 Å². The monoisotopic (exact) mass is 1300 g/mol. The quantitative estimate of drug-likeness (QED) is 0.106. The molecular weight excluding hydrogens is 1210 g/mol. The lowest BCUT2D eigenvalue weighted by Gasteiger charge is -2.38. The largest absolute Gasteiger partial charge is 0.507 e. The number of nitrogens with zero attached hydrogens (tertiary/aromatic N) is 3. The summed E-state index contributed by atoms with van der Waals surface area (Å²) in [6, 6.07) is 5.69. The molecule has 7 aliphatic rings. The first-order valence-corrected chi connectivity index (χ1v) is 33.2. The summed E-state index contributed by atoms with van der Waals surface area (Å²) < 4.78 is 59.7. The molecule has 3 amide bonds. The Morgan fingerprint density at radius 3 is 2.08 bits per heavy atom. The van der Waals surface area contributed by atoms with E-state index in [0.29, 0.717) is 30.6 Å². The van der Waals surface area contributed by atoms with E-state index in [1.54, 1.807) is 71.1 Å². The summed E-state index contributed by atoms with van der Waals surface area (Å²) in [6.07, 6.45) is 8.72. The zero-order chi connectivity index (χ0) is 66.7. The third-order valence-corrected chi connectivity index (χ3v) is 19.6. The highest BCUT2D eigenvalue weighted by molar-refractivity contribution is 7.90. The number of esters is 1. The van der Waals surface area contributed by atoms with Crippen LogP contribution < -0.4 is 25.5 Å². The number of nitrogens with one attached hydrogen (secondary N) is 4. The van der Waals surface area contributed by atoms with Gasteiger partial charge < -0.3 is 64.7 Å². The van der Waals surface area contributed by atoms with Crippen LogP contribution in [0.15, 0.2) is 81.7 Å². The third kappa shape index (κ3) is 15.7. The van der Waals surface area contributed by atoms with Gasteiger partial charge in [-0.1, -0.05) is 83.9 Å². The lowest BCUT2D eigenvalue weighted by Crippen LogP contribution is -2.50. The van der Waals surface area contributed by atoms with Gasteiger partial charge in [-0.2, -0.15) is 0 Å². The lowest BCUT2D eigenvalue weighted by atomic mass is 9.78. The van der Waals surface area contributed by atoms with Crippen molar-refractivity contribution < 1.29 is 90.9 Å². The smallest absolute Gasteiger partial charge is 0.433 e. The molecule has 2 aliphatic carbocycles. The number of piperidine rings is 1. The minimum absolute atomic E-state index is 0.0164. The highest BCUT2D eigenvalue weighted by Gasteiger charge is 2.55. The summed E-state index contributed by atoms with van der Waals surface area (Å²) in [5.74, 6) is -5.52. The normalized spacial score (nSPS) is 29.9. The number of carboxylic acid groups (broad SMARTS) is 1. The number of rotatable bonds is 8. The molecule has 2 saturated heterocycles. The Labute approximate surface area is 524 Å². The second-order valence-electron chi connectivity index (χ2n) is 25.1. The first-order valence-electron chi connectivity index (χ1n) is 30.1. The van der Waals surface area contributed by atoms with Crippen LogP contribution in [0.4, 0.5) is 9.59 Å². The number of urea groups is 1. The first kappa shape index (κ1) is 70.6. The number of Topliss-reactive ketones (excluding diaryl/α,β-unsaturated/α-hetero) is 2. The minimum Gasteiger partial charge on any atom is -0.507 e. The molecule has 494 valence electrons. The summed E-state index contributed by atoms with van der Waals surface area (Å²) in [5, 5.41) is 50.4. The lowest BCUT2D eigenvalue weighted by molar-refractivity contribution is -0.160. The Bertz CT molecular complexity index is 3410. The number of sulfonamides is 1. The van der Waals surface area contributed by atoms with E-state index < -0.39 is 118 Å². The Morgan fingerprint density at radius 1 is 0.900 bits per heavy atom. The van der Waals surface area contributed by atoms with Crippen molar-refractivity contribution >= 4 is 58.5 Å². The topological polar surface area (TPSA) is 379 Å². The number of amides is 3. The van der Waals surface area contributed by atoms with Gasteiger partial charge >= 0.3 is 31.1 Å². The van der Waals surface area contributed by atoms with E-state index in [1.807, 2.05) is 11.9 Å². The summed E-state index contributed by atoms with van der Waals surface area (Å²) in [4.78, 5) is 99.8. The number of carbonyl (C=O) groups excluding carboxylic acids is 5. The van der Waals surface area contributed by atoms with E-state index in [2.05, 4.69) is 39.5 Å². The summed E-state index contributed by atoms with van der Waals surface area (Å²) in [6.45, 7) is 23.0. The molecule has 9 rings (SSSR count). The number of fused-ring (bicyclic) bond motifs is 4. The number of methoxy groups -OCH3 is 1. The number of benzene rings is 2. The van der Waals surface area contributed by atoms with Crippen LogP contribution in [0.25, 0.3) is 0 Å². The van der Waals surface area contributed by atoms with E-state index >= 15 is 0 Å². The van der Waals surface area contributed by atoms with Gasteiger partial charge in [0.2, 0.25) is 5.78 Å². The van der Waals surface area contributed by atoms with Crippen LogP contribution in [0.5, 0.6) is 11.5 Å². The molecule has 28 heteroatoms. The van der Waals surface area contributed by atoms with Crippen molar-refractivity contribution in [2.24, 2.45) is 46.4 Å². The molecule has 1 saturated carbocycles. The summed E-state index contributed by atoms with van der Waals surface area (Å²) in [5.41, 5.74) is 1.33. The van der Waals surface area contributed by atoms with Crippen molar-refractivity contribution in [2.75, 3.05) is 39.8 Å². The van der Waals surface area contributed by atoms with Gasteiger partial charge in [0.05, 0.1) is 52.0 Å². The number of phenolic OH excluding ortho intramolecular Hbond substituents is 1. The zero-order valence-electron chi connectivity index (χ0n) is 52.8. The number of likely N-dealkylation sites (tertiary alicyclic amines) is 1. The Balaban J connectivity index is 0.000000324. The maximum absolute atomic E-state index is 14.7. The molecule has 2 aromatic carbocycles. The highest BCUT2D eigenvalue weighted by Crippen LogP contribution is 2.50. The Morgan fingerprint density at radius 2 is 1.51 bits per heavy atom. The van der Waals surface area contributed by atoms with E-state index in [-0.39, 0.29) is 55.6 Å². The van der Waals surface area contributed by atoms with E-state index in [4.69, 9.17) is 38.8 Å². The summed E-state index contributed by atoms with van der Waals surface area (Å²) in [7, 11) is -7.18. The number of hydrogen-bond donors (Lipinski definition) is 10. The molecule has 2 aromatic rings. The van der Waals surface area contributed by atoms with Gasteiger partial charge in [-0.15, -0.1) is 0 Å². The number of ketones is 2. The van der Waals surface area contributed by atoms with E-state index in [1.165, 1.54) is 65.5 Å². The maximum atomic E-state index is 14.7. The number of aliphatic hydroxyl groups excluding tert-OH is 2. The van der Waals surface area contributed by atoms with Crippen LogP contribution in [0.2, 0.25) is 0 Å². The molecule has 10 N–H and O–H groups in total. The molecule has 5 heterocycles. The van der Waals surface area contributed by atoms with Gasteiger partial charge in [0.25, 0.3) is 21.7 Å². The van der Waals surface area contributed by atoms with Crippen LogP contribution >= 0.6 is 7.60 Å². The molecule has 11 atom stereocenters. The number of hydrogen-bond acceptors (Lipinski definition) is 20. The van der Waals surface area contributed by atoms with Crippen molar-refractivity contribution in [3.8, 4) is 11.5 Å². The van der Waals surface area contributed by atoms with Crippen molar-refractivity contribution in [3.63, 3.8) is 0 Å². The van der Waals surface area contributed by atoms with Crippen LogP contribution in [0, 0.1) is 55.3 Å². The standard InChI is InChI=1S/C46H62N4O11.C15H21N3O3S.CH3O5P/c1-22(2)21-50-18-16-46(17-19-50)48-34-31-32-39(54)28(8)42-33(31)43(56)45(10,61-42)59-20-15-30(58-11)25(5)41(60-29(9)51)27(7)38(53)26(6)37(52)23(3)13-12-14-24(4)44(57)47-36(40(32)55)35(34)49-46;1-11-5-7-14(8-6-11)22(20,21)17-15(19)16-18-9-12-3-2-4-13(12)10-18;2-1(3)7(4,5)6/h12-15,20,22-23,25-27,30,37-38,41,49,52-54H,16-19,21H2,1-11H3,(H,47,57);5-8,12-13H,2-4,9-10H2,1H3,(H2,16,17,19);(H,2,3)(H2,4,5,6)/b13-12+,20-15+,24-14-;;/t23-,25+,26+,27+,30-,37-,38+,41+,45-;;/m0../s1. The van der Waals surface area contributed by atoms with Gasteiger partial charge in [-0.05, 0) is 69.6 Å². The number of hydrazine groups is 1. The van der Waals surface area contributed by atoms with Gasteiger partial charge in [0.15, 0.2) is 0 Å². The molecule has 3 fully saturated rings. The molecule has 26 nitrogen and oxygen atoms in total. The second kappa shape index (κ2) is 28.4. The van der Waals surface area contributed by atoms with Crippen LogP contribution in [-0.2, 0) is 38.4 Å². The van der Waals surface area contributed by atoms with Gasteiger partial charge in [-0.3, -0.25) is 29.6 Å². The van der Waals surface area contributed by atoms with Gasteiger partial charge in [0.1, 0.15) is 29.0 Å². The number of aliphatic imine (C=N–C) groups is 1. The molecule has 5 bridgehead atoms. The second-order valence-corrected chi connectivity index (χ2v) is 28.2. The number of allylic oxidation sites excluding steroid dienone is 4. The average Bonchev–Trinajstić information content (AvgIpc) is 1.50. The zero-order valence-corrected chi connectivity index (χ0v) is 54.5. The van der Waals surface area contributed by atoms with E-state index in [0.717, 1.165) is 38.3 Å². The molecule has 0 aromatic heterocycles. The molecule has 2 unspecified atom stereocenters. The predicted molar refractivity (Wildman–Crippen MR) is 329 cm³/mol. The SMILES string of the molecule is CO[C@H]1/C=C/O[C@@]2(C)Oc3c(C)c(O)c4c(c3C2=O)C2=NC3(CCN(CC(C)C)CC3)NC2=C(NC(=O)/C(C)=C\C=C\[C@H](C)[C@H](O)[C@@H](C)[C@@H](O)[C@@H](C)[C@H](OC(C)=O)[C@@H]1C)C4=O.Cc1ccc(S(=O)(=O)NC(=O)NN2CC3CCCC3C2)cc1.O=C(O)P(=O)(O)O. The fourth-order valence-electron chi connectivity index (χ4n) is 12.7. The first-order chi connectivity index (χ1) is 42.0. The van der Waals surface area contributed by atoms with Gasteiger partial charge in [0, 0.05) is 107 Å². The minimum atomic E-state index is -4.82. The number of carbonyl (C=O) groups is 6. The van der Waals surface area contributed by atoms with Crippen LogP contribution in [0.1, 0.15) is 132 Å². The number of aromatic hydroxyl groups is 1. The molecule has 5 aliphatic heterocycles. The number of ether oxygens (including phenoxy) is 4. The number of aliphatic hydroxyl groups is 2. The summed E-state index contributed by atoms with van der Waals surface area (Å²) >= 11 is 0. The molecular formula is C62H86N7O19PS. The van der Waals surface area contributed by atoms with Crippen molar-refractivity contribution in [1.82, 2.24) is 30.7 Å². The molecule has 90 heavy (non-hydrogen) atoms. The predicted octanol–water partition coefficient (Wildman–Crippen LogP) is 6.09. The fraction of sp³-hybridized carbons (Fsp3) is 0.565. The van der Waals surface area contributed by atoms with Crippen LogP contribution in [-0.4, -0.2) is 165 Å². The Kier molecular flexibility index (Phi) is 22.3. The average molecular weight is 1300 g/mol. The third-order valence-electron chi connectivity index (χ3n) is 17.8. The Hall–Kier alpha value is -6.81. The van der Waals surface area contributed by atoms with E-state index in [9.17, 15) is 57.1 Å². The van der Waals surface area contributed by atoms with Crippen LogP contribution in [0.3, 0.4) is 0 Å². The molecule has 0 radical (unpaired) electrons.